The fraction of sp³-hybridized carbons (Fsp3) is 0.353. The molecular weight excluding hydrogens is 354 g/mol. The van der Waals surface area contributed by atoms with E-state index in [1.165, 1.54) is 0 Å². The molecule has 1 aliphatic rings. The fourth-order valence-corrected chi connectivity index (χ4v) is 2.62. The largest absolute Gasteiger partial charge is 0.463 e. The van der Waals surface area contributed by atoms with Crippen molar-refractivity contribution in [3.63, 3.8) is 0 Å². The second kappa shape index (κ2) is 7.85. The Hall–Kier alpha value is -3.43. The maximum Gasteiger partial charge on any atom is 0.338 e. The van der Waals surface area contributed by atoms with Gasteiger partial charge in [-0.15, -0.1) is 5.10 Å². The SMILES string of the molecule is CCOC(=O)C1=C(COC(=O)c2ccc3c(c2)nnn3CC)NC(=O)NC1. The molecule has 1 aromatic carbocycles. The van der Waals surface area contributed by atoms with Crippen LogP contribution < -0.4 is 10.6 Å². The lowest BCUT2D eigenvalue weighted by molar-refractivity contribution is -0.138. The Bertz CT molecular complexity index is 933. The van der Waals surface area contributed by atoms with Crippen LogP contribution in [0.3, 0.4) is 0 Å². The minimum atomic E-state index is -0.605. The maximum absolute atomic E-state index is 12.3. The Labute approximate surface area is 154 Å². The zero-order valence-corrected chi connectivity index (χ0v) is 14.9. The highest BCUT2D eigenvalue weighted by atomic mass is 16.5. The van der Waals surface area contributed by atoms with Gasteiger partial charge in [0.05, 0.1) is 35.5 Å². The standard InChI is InChI=1S/C17H19N5O5/c1-3-22-14-6-5-10(7-12(14)20-21-22)15(23)27-9-13-11(16(24)26-4-2)8-18-17(25)19-13/h5-7H,3-4,8-9H2,1-2H3,(H2,18,19,25). The molecule has 0 saturated carbocycles. The number of amides is 2. The van der Waals surface area contributed by atoms with Crippen LogP contribution in [0.15, 0.2) is 29.5 Å². The van der Waals surface area contributed by atoms with Gasteiger partial charge in [-0.1, -0.05) is 5.21 Å². The van der Waals surface area contributed by atoms with Gasteiger partial charge >= 0.3 is 18.0 Å². The molecule has 0 radical (unpaired) electrons. The molecule has 27 heavy (non-hydrogen) atoms. The van der Waals surface area contributed by atoms with E-state index in [0.29, 0.717) is 17.6 Å². The Morgan fingerprint density at radius 3 is 2.78 bits per heavy atom. The highest BCUT2D eigenvalue weighted by Gasteiger charge is 2.24. The summed E-state index contributed by atoms with van der Waals surface area (Å²) in [5, 5.41) is 13.0. The summed E-state index contributed by atoms with van der Waals surface area (Å²) >= 11 is 0. The Morgan fingerprint density at radius 1 is 1.22 bits per heavy atom. The molecule has 0 spiro atoms. The summed E-state index contributed by atoms with van der Waals surface area (Å²) in [5.41, 5.74) is 2.10. The quantitative estimate of drug-likeness (QED) is 0.716. The Morgan fingerprint density at radius 2 is 2.04 bits per heavy atom. The molecule has 0 saturated heterocycles. The van der Waals surface area contributed by atoms with Crippen LogP contribution in [0.2, 0.25) is 0 Å². The van der Waals surface area contributed by atoms with E-state index >= 15 is 0 Å². The summed E-state index contributed by atoms with van der Waals surface area (Å²) in [6.07, 6.45) is 0. The van der Waals surface area contributed by atoms with Crippen molar-refractivity contribution in [1.82, 2.24) is 25.6 Å². The number of aromatic nitrogens is 3. The maximum atomic E-state index is 12.3. The third kappa shape index (κ3) is 3.89. The number of carbonyl (C=O) groups excluding carboxylic acids is 3. The first kappa shape index (κ1) is 18.4. The van der Waals surface area contributed by atoms with Crippen LogP contribution in [0, 0.1) is 0 Å². The van der Waals surface area contributed by atoms with E-state index < -0.39 is 18.0 Å². The second-order valence-electron chi connectivity index (χ2n) is 5.67. The van der Waals surface area contributed by atoms with Gasteiger partial charge in [-0.3, -0.25) is 0 Å². The van der Waals surface area contributed by atoms with Crippen LogP contribution >= 0.6 is 0 Å². The third-order valence-electron chi connectivity index (χ3n) is 3.97. The normalized spacial score (nSPS) is 13.9. The molecule has 1 aromatic heterocycles. The van der Waals surface area contributed by atoms with Crippen LogP contribution in [0.25, 0.3) is 11.0 Å². The van der Waals surface area contributed by atoms with Crippen molar-refractivity contribution >= 4 is 29.0 Å². The summed E-state index contributed by atoms with van der Waals surface area (Å²) in [6, 6.07) is 4.46. The molecule has 1 aliphatic heterocycles. The van der Waals surface area contributed by atoms with Crippen LogP contribution in [0.1, 0.15) is 24.2 Å². The van der Waals surface area contributed by atoms with E-state index in [2.05, 4.69) is 20.9 Å². The summed E-state index contributed by atoms with van der Waals surface area (Å²) in [5.74, 6) is -1.18. The van der Waals surface area contributed by atoms with E-state index in [9.17, 15) is 14.4 Å². The molecule has 2 N–H and O–H groups in total. The second-order valence-corrected chi connectivity index (χ2v) is 5.67. The molecule has 0 bridgehead atoms. The van der Waals surface area contributed by atoms with E-state index in [1.807, 2.05) is 6.92 Å². The summed E-state index contributed by atoms with van der Waals surface area (Å²) < 4.78 is 11.9. The number of fused-ring (bicyclic) bond motifs is 1. The van der Waals surface area contributed by atoms with Gasteiger partial charge in [0.25, 0.3) is 0 Å². The number of nitrogens with zero attached hydrogens (tertiary/aromatic N) is 3. The topological polar surface area (TPSA) is 124 Å². The Balaban J connectivity index is 1.75. The van der Waals surface area contributed by atoms with Crippen LogP contribution in [-0.4, -0.2) is 52.7 Å². The van der Waals surface area contributed by atoms with Gasteiger partial charge in [0.1, 0.15) is 12.1 Å². The fourth-order valence-electron chi connectivity index (χ4n) is 2.62. The number of aryl methyl sites for hydroxylation is 1. The monoisotopic (exact) mass is 373 g/mol. The van der Waals surface area contributed by atoms with E-state index in [4.69, 9.17) is 9.47 Å². The molecule has 0 fully saturated rings. The van der Waals surface area contributed by atoms with Crippen molar-refractivity contribution < 1.29 is 23.9 Å². The van der Waals surface area contributed by atoms with Gasteiger partial charge in [-0.05, 0) is 32.0 Å². The first-order valence-corrected chi connectivity index (χ1v) is 8.47. The minimum absolute atomic E-state index is 0.00360. The molecule has 10 nitrogen and oxygen atoms in total. The molecule has 0 atom stereocenters. The van der Waals surface area contributed by atoms with Crippen molar-refractivity contribution in [2.45, 2.75) is 20.4 Å². The first-order valence-electron chi connectivity index (χ1n) is 8.47. The lowest BCUT2D eigenvalue weighted by Crippen LogP contribution is -2.45. The molecule has 2 amide bonds. The number of hydrogen-bond donors (Lipinski definition) is 2. The van der Waals surface area contributed by atoms with Gasteiger partial charge in [-0.2, -0.15) is 0 Å². The van der Waals surface area contributed by atoms with E-state index in [0.717, 1.165) is 5.52 Å². The summed E-state index contributed by atoms with van der Waals surface area (Å²) in [6.45, 7) is 4.22. The highest BCUT2D eigenvalue weighted by molar-refractivity contribution is 5.95. The minimum Gasteiger partial charge on any atom is -0.463 e. The number of hydrogen-bond acceptors (Lipinski definition) is 7. The van der Waals surface area contributed by atoms with Crippen molar-refractivity contribution in [1.29, 1.82) is 0 Å². The number of rotatable bonds is 6. The smallest absolute Gasteiger partial charge is 0.338 e. The van der Waals surface area contributed by atoms with Crippen molar-refractivity contribution in [2.24, 2.45) is 0 Å². The molecule has 142 valence electrons. The Kier molecular flexibility index (Phi) is 5.34. The number of benzene rings is 1. The molecule has 2 aromatic rings. The molecular formula is C17H19N5O5. The predicted octanol–water partition coefficient (Wildman–Crippen LogP) is 0.738. The van der Waals surface area contributed by atoms with Gasteiger partial charge in [-0.25, -0.2) is 19.1 Å². The van der Waals surface area contributed by atoms with Gasteiger partial charge in [0, 0.05) is 6.54 Å². The van der Waals surface area contributed by atoms with E-state index in [1.54, 1.807) is 29.8 Å². The predicted molar refractivity (Wildman–Crippen MR) is 93.7 cm³/mol. The molecule has 2 heterocycles. The highest BCUT2D eigenvalue weighted by Crippen LogP contribution is 2.15. The lowest BCUT2D eigenvalue weighted by atomic mass is 10.1. The van der Waals surface area contributed by atoms with Gasteiger partial charge in [0.2, 0.25) is 0 Å². The van der Waals surface area contributed by atoms with Crippen molar-refractivity contribution in [2.75, 3.05) is 19.8 Å². The number of urea groups is 1. The average Bonchev–Trinajstić information content (AvgIpc) is 3.08. The zero-order valence-electron chi connectivity index (χ0n) is 14.9. The van der Waals surface area contributed by atoms with Crippen molar-refractivity contribution in [3.8, 4) is 0 Å². The van der Waals surface area contributed by atoms with Crippen LogP contribution in [0.5, 0.6) is 0 Å². The van der Waals surface area contributed by atoms with Crippen LogP contribution in [-0.2, 0) is 20.8 Å². The molecule has 0 aliphatic carbocycles. The number of esters is 2. The molecule has 0 unspecified atom stereocenters. The lowest BCUT2D eigenvalue weighted by Gasteiger charge is -2.21. The number of carbonyl (C=O) groups is 3. The van der Waals surface area contributed by atoms with Gasteiger partial charge in [0.15, 0.2) is 0 Å². The number of nitrogens with one attached hydrogen (secondary N) is 2. The summed E-state index contributed by atoms with van der Waals surface area (Å²) in [7, 11) is 0. The summed E-state index contributed by atoms with van der Waals surface area (Å²) in [4.78, 5) is 35.8. The average molecular weight is 373 g/mol. The van der Waals surface area contributed by atoms with Gasteiger partial charge < -0.3 is 20.1 Å². The zero-order chi connectivity index (χ0) is 19.4. The van der Waals surface area contributed by atoms with Crippen molar-refractivity contribution in [3.05, 3.63) is 35.0 Å². The number of ether oxygens (including phenoxy) is 2. The van der Waals surface area contributed by atoms with E-state index in [-0.39, 0.29) is 31.0 Å². The molecule has 10 heteroatoms. The van der Waals surface area contributed by atoms with Crippen LogP contribution in [0.4, 0.5) is 4.79 Å². The first-order chi connectivity index (χ1) is 13.0. The third-order valence-corrected chi connectivity index (χ3v) is 3.97. The molecule has 3 rings (SSSR count).